The van der Waals surface area contributed by atoms with Gasteiger partial charge in [-0.25, -0.2) is 4.79 Å². The highest BCUT2D eigenvalue weighted by Crippen LogP contribution is 2.43. The monoisotopic (exact) mass is 397 g/mol. The molecule has 0 saturated carbocycles. The van der Waals surface area contributed by atoms with Crippen LogP contribution in [0.2, 0.25) is 0 Å². The molecule has 1 aliphatic heterocycles. The van der Waals surface area contributed by atoms with Gasteiger partial charge in [-0.05, 0) is 28.8 Å². The molecule has 0 spiro atoms. The van der Waals surface area contributed by atoms with Crippen LogP contribution < -0.4 is 0 Å². The SMILES string of the molecule is N#Cc1cccc(C(c2ccccc2)(c2ccccc2)N2CCN(C(=O)O)CC2)c1. The first-order valence-electron chi connectivity index (χ1n) is 10.0. The zero-order valence-electron chi connectivity index (χ0n) is 16.6. The molecule has 1 saturated heterocycles. The van der Waals surface area contributed by atoms with Gasteiger partial charge in [0.1, 0.15) is 0 Å². The minimum atomic E-state index is -0.883. The highest BCUT2D eigenvalue weighted by atomic mass is 16.4. The number of hydrogen-bond donors (Lipinski definition) is 1. The van der Waals surface area contributed by atoms with Crippen LogP contribution in [-0.2, 0) is 5.54 Å². The molecule has 1 aliphatic rings. The fraction of sp³-hybridized carbons (Fsp3) is 0.200. The summed E-state index contributed by atoms with van der Waals surface area (Å²) in [6, 6.07) is 30.5. The maximum Gasteiger partial charge on any atom is 0.407 e. The molecule has 0 unspecified atom stereocenters. The number of rotatable bonds is 4. The maximum absolute atomic E-state index is 11.5. The van der Waals surface area contributed by atoms with Crippen molar-refractivity contribution in [3.05, 3.63) is 107 Å². The van der Waals surface area contributed by atoms with Crippen LogP contribution in [-0.4, -0.2) is 47.2 Å². The topological polar surface area (TPSA) is 67.6 Å². The molecule has 1 amide bonds. The first-order valence-corrected chi connectivity index (χ1v) is 10.0. The summed E-state index contributed by atoms with van der Waals surface area (Å²) in [5.74, 6) is 0. The van der Waals surface area contributed by atoms with Gasteiger partial charge in [-0.15, -0.1) is 0 Å². The second kappa shape index (κ2) is 8.40. The molecule has 1 N–H and O–H groups in total. The Morgan fingerprint density at radius 3 is 1.83 bits per heavy atom. The number of piperazine rings is 1. The van der Waals surface area contributed by atoms with Crippen LogP contribution >= 0.6 is 0 Å². The largest absolute Gasteiger partial charge is 0.465 e. The maximum atomic E-state index is 11.5. The Hall–Kier alpha value is -3.62. The molecule has 30 heavy (non-hydrogen) atoms. The predicted octanol–water partition coefficient (Wildman–Crippen LogP) is 4.15. The molecule has 150 valence electrons. The first-order chi connectivity index (χ1) is 14.7. The Kier molecular flexibility index (Phi) is 5.51. The zero-order valence-corrected chi connectivity index (χ0v) is 16.6. The van der Waals surface area contributed by atoms with E-state index >= 15 is 0 Å². The number of nitriles is 1. The third-order valence-electron chi connectivity index (χ3n) is 5.82. The van der Waals surface area contributed by atoms with Gasteiger partial charge in [0, 0.05) is 26.2 Å². The second-order valence-electron chi connectivity index (χ2n) is 7.39. The van der Waals surface area contributed by atoms with Crippen molar-refractivity contribution in [1.82, 2.24) is 9.80 Å². The van der Waals surface area contributed by atoms with Crippen LogP contribution in [0.1, 0.15) is 22.3 Å². The van der Waals surface area contributed by atoms with E-state index in [9.17, 15) is 15.2 Å². The Balaban J connectivity index is 1.95. The van der Waals surface area contributed by atoms with E-state index in [4.69, 9.17) is 0 Å². The number of hydrogen-bond acceptors (Lipinski definition) is 3. The molecule has 3 aromatic carbocycles. The van der Waals surface area contributed by atoms with Gasteiger partial charge in [0.2, 0.25) is 0 Å². The molecule has 1 heterocycles. The van der Waals surface area contributed by atoms with Crippen LogP contribution in [0.15, 0.2) is 84.9 Å². The van der Waals surface area contributed by atoms with Gasteiger partial charge < -0.3 is 10.0 Å². The lowest BCUT2D eigenvalue weighted by molar-refractivity contribution is 0.0685. The standard InChI is InChI=1S/C25H23N3O2/c26-19-20-8-7-13-23(18-20)25(21-9-3-1-4-10-21,22-11-5-2-6-12-22)28-16-14-27(15-17-28)24(29)30/h1-13,18H,14-17H2,(H,29,30). The average molecular weight is 397 g/mol. The van der Waals surface area contributed by atoms with Crippen molar-refractivity contribution in [2.45, 2.75) is 5.54 Å². The molecular weight excluding hydrogens is 374 g/mol. The molecule has 0 aliphatic carbocycles. The predicted molar refractivity (Wildman–Crippen MR) is 115 cm³/mol. The van der Waals surface area contributed by atoms with Gasteiger partial charge in [0.25, 0.3) is 0 Å². The molecule has 3 aromatic rings. The normalized spacial score (nSPS) is 14.8. The zero-order chi connectivity index (χ0) is 21.0. The Labute approximate surface area is 176 Å². The summed E-state index contributed by atoms with van der Waals surface area (Å²) >= 11 is 0. The quantitative estimate of drug-likeness (QED) is 0.672. The Bertz CT molecular complexity index is 1010. The summed E-state index contributed by atoms with van der Waals surface area (Å²) in [5.41, 5.74) is 3.17. The van der Waals surface area contributed by atoms with Crippen LogP contribution in [0.5, 0.6) is 0 Å². The molecule has 0 radical (unpaired) electrons. The van der Waals surface area contributed by atoms with Crippen molar-refractivity contribution in [3.8, 4) is 6.07 Å². The van der Waals surface area contributed by atoms with Crippen molar-refractivity contribution >= 4 is 6.09 Å². The van der Waals surface area contributed by atoms with E-state index < -0.39 is 11.6 Å². The van der Waals surface area contributed by atoms with E-state index in [0.717, 1.165) is 16.7 Å². The van der Waals surface area contributed by atoms with Crippen molar-refractivity contribution in [3.63, 3.8) is 0 Å². The summed E-state index contributed by atoms with van der Waals surface area (Å²) in [6.07, 6.45) is -0.883. The van der Waals surface area contributed by atoms with Gasteiger partial charge >= 0.3 is 6.09 Å². The minimum absolute atomic E-state index is 0.439. The summed E-state index contributed by atoms with van der Waals surface area (Å²) in [6.45, 7) is 2.06. The molecule has 5 heteroatoms. The summed E-state index contributed by atoms with van der Waals surface area (Å²) in [5, 5.41) is 19.0. The minimum Gasteiger partial charge on any atom is -0.465 e. The fourth-order valence-corrected chi connectivity index (χ4v) is 4.45. The summed E-state index contributed by atoms with van der Waals surface area (Å²) in [7, 11) is 0. The highest BCUT2D eigenvalue weighted by Gasteiger charge is 2.43. The van der Waals surface area contributed by atoms with Crippen molar-refractivity contribution < 1.29 is 9.90 Å². The van der Waals surface area contributed by atoms with E-state index in [1.165, 1.54) is 4.90 Å². The number of carbonyl (C=O) groups is 1. The molecule has 4 rings (SSSR count). The lowest BCUT2D eigenvalue weighted by Crippen LogP contribution is -2.57. The van der Waals surface area contributed by atoms with E-state index in [1.807, 2.05) is 54.6 Å². The fourth-order valence-electron chi connectivity index (χ4n) is 4.45. The van der Waals surface area contributed by atoms with Crippen molar-refractivity contribution in [1.29, 1.82) is 5.26 Å². The van der Waals surface area contributed by atoms with E-state index in [-0.39, 0.29) is 0 Å². The lowest BCUT2D eigenvalue weighted by atomic mass is 9.75. The summed E-state index contributed by atoms with van der Waals surface area (Å²) in [4.78, 5) is 15.3. The Morgan fingerprint density at radius 1 is 0.800 bits per heavy atom. The van der Waals surface area contributed by atoms with Gasteiger partial charge in [-0.1, -0.05) is 72.8 Å². The number of carboxylic acid groups (broad SMARTS) is 1. The average Bonchev–Trinajstić information content (AvgIpc) is 2.81. The van der Waals surface area contributed by atoms with Crippen molar-refractivity contribution in [2.75, 3.05) is 26.2 Å². The van der Waals surface area contributed by atoms with Crippen LogP contribution in [0.25, 0.3) is 0 Å². The molecular formula is C25H23N3O2. The van der Waals surface area contributed by atoms with Crippen molar-refractivity contribution in [2.24, 2.45) is 0 Å². The van der Waals surface area contributed by atoms with Crippen LogP contribution in [0.4, 0.5) is 4.79 Å². The number of amides is 1. The smallest absolute Gasteiger partial charge is 0.407 e. The lowest BCUT2D eigenvalue weighted by Gasteiger charge is -2.48. The van der Waals surface area contributed by atoms with Crippen LogP contribution in [0.3, 0.4) is 0 Å². The molecule has 0 aromatic heterocycles. The third-order valence-corrected chi connectivity index (χ3v) is 5.82. The summed E-state index contributed by atoms with van der Waals surface area (Å²) < 4.78 is 0. The van der Waals surface area contributed by atoms with E-state index in [0.29, 0.717) is 31.7 Å². The highest BCUT2D eigenvalue weighted by molar-refractivity contribution is 5.65. The van der Waals surface area contributed by atoms with Gasteiger partial charge in [0.15, 0.2) is 0 Å². The molecule has 0 bridgehead atoms. The number of nitrogens with zero attached hydrogens (tertiary/aromatic N) is 3. The molecule has 1 fully saturated rings. The number of benzene rings is 3. The molecule has 5 nitrogen and oxygen atoms in total. The van der Waals surface area contributed by atoms with E-state index in [2.05, 4.69) is 41.3 Å². The Morgan fingerprint density at radius 2 is 1.33 bits per heavy atom. The van der Waals surface area contributed by atoms with E-state index in [1.54, 1.807) is 0 Å². The van der Waals surface area contributed by atoms with Gasteiger partial charge in [-0.2, -0.15) is 5.26 Å². The van der Waals surface area contributed by atoms with Gasteiger partial charge in [-0.3, -0.25) is 4.90 Å². The first kappa shape index (κ1) is 19.7. The second-order valence-corrected chi connectivity index (χ2v) is 7.39. The molecule has 0 atom stereocenters. The third kappa shape index (κ3) is 3.42. The van der Waals surface area contributed by atoms with Gasteiger partial charge in [0.05, 0.1) is 17.2 Å². The van der Waals surface area contributed by atoms with Crippen LogP contribution in [0, 0.1) is 11.3 Å².